The zero-order valence-electron chi connectivity index (χ0n) is 12.5. The number of fused-ring (bicyclic) bond motifs is 1. The lowest BCUT2D eigenvalue weighted by Crippen LogP contribution is -2.34. The second kappa shape index (κ2) is 6.40. The zero-order chi connectivity index (χ0) is 13.8. The summed E-state index contributed by atoms with van der Waals surface area (Å²) in [5.41, 5.74) is 10.1. The summed E-state index contributed by atoms with van der Waals surface area (Å²) in [6.45, 7) is 12.2. The Hall–Kier alpha value is -1.06. The molecule has 1 aliphatic rings. The monoisotopic (exact) mass is 261 g/mol. The molecule has 2 rings (SSSR count). The maximum atomic E-state index is 5.96. The van der Waals surface area contributed by atoms with Crippen LogP contribution in [0.25, 0.3) is 0 Å². The summed E-state index contributed by atoms with van der Waals surface area (Å²) in [5.74, 6) is 0. The Balaban J connectivity index is 2.02. The van der Waals surface area contributed by atoms with E-state index in [1.54, 1.807) is 0 Å². The molecule has 0 spiro atoms. The van der Waals surface area contributed by atoms with Crippen molar-refractivity contribution in [3.63, 3.8) is 0 Å². The van der Waals surface area contributed by atoms with Gasteiger partial charge >= 0.3 is 0 Å². The molecule has 3 nitrogen and oxygen atoms in total. The largest absolute Gasteiger partial charge is 0.370 e. The quantitative estimate of drug-likeness (QED) is 0.853. The molecule has 19 heavy (non-hydrogen) atoms. The van der Waals surface area contributed by atoms with Crippen molar-refractivity contribution in [2.45, 2.75) is 33.2 Å². The molecule has 0 bridgehead atoms. The fourth-order valence-corrected chi connectivity index (χ4v) is 2.81. The summed E-state index contributed by atoms with van der Waals surface area (Å²) in [6.07, 6.45) is 1.16. The molecule has 2 N–H and O–H groups in total. The summed E-state index contributed by atoms with van der Waals surface area (Å²) in [5, 5.41) is 0. The lowest BCUT2D eigenvalue weighted by molar-refractivity contribution is 0.310. The van der Waals surface area contributed by atoms with Crippen LogP contribution in [0, 0.1) is 0 Å². The van der Waals surface area contributed by atoms with Gasteiger partial charge in [0, 0.05) is 31.4 Å². The highest BCUT2D eigenvalue weighted by atomic mass is 15.2. The first-order valence-corrected chi connectivity index (χ1v) is 7.51. The van der Waals surface area contributed by atoms with Crippen molar-refractivity contribution >= 4 is 5.69 Å². The van der Waals surface area contributed by atoms with E-state index in [9.17, 15) is 0 Å². The van der Waals surface area contributed by atoms with E-state index in [1.165, 1.54) is 16.8 Å². The van der Waals surface area contributed by atoms with Crippen LogP contribution in [0.1, 0.15) is 37.9 Å². The minimum Gasteiger partial charge on any atom is -0.370 e. The zero-order valence-corrected chi connectivity index (χ0v) is 12.5. The van der Waals surface area contributed by atoms with Gasteiger partial charge in [0.15, 0.2) is 0 Å². The second-order valence-electron chi connectivity index (χ2n) is 5.44. The first-order chi connectivity index (χ1) is 9.15. The maximum Gasteiger partial charge on any atom is 0.0400 e. The molecule has 106 valence electrons. The number of likely N-dealkylation sites (N-methyl/N-ethyl adjacent to an activating group) is 1. The molecule has 1 aromatic carbocycles. The average molecular weight is 261 g/mol. The number of nitrogens with two attached hydrogens (primary N) is 1. The first kappa shape index (κ1) is 14.4. The van der Waals surface area contributed by atoms with E-state index in [0.717, 1.165) is 39.1 Å². The molecule has 0 aromatic heterocycles. The van der Waals surface area contributed by atoms with Crippen molar-refractivity contribution in [2.24, 2.45) is 5.73 Å². The van der Waals surface area contributed by atoms with Crippen LogP contribution >= 0.6 is 0 Å². The SMILES string of the molecule is CCN(CC)CCN1CCc2cc(C(C)N)ccc21. The van der Waals surface area contributed by atoms with Gasteiger partial charge in [-0.2, -0.15) is 0 Å². The van der Waals surface area contributed by atoms with Gasteiger partial charge in [0.1, 0.15) is 0 Å². The van der Waals surface area contributed by atoms with Gasteiger partial charge in [0.05, 0.1) is 0 Å². The topological polar surface area (TPSA) is 32.5 Å². The van der Waals surface area contributed by atoms with Crippen molar-refractivity contribution in [3.8, 4) is 0 Å². The van der Waals surface area contributed by atoms with Crippen molar-refractivity contribution in [2.75, 3.05) is 37.6 Å². The first-order valence-electron chi connectivity index (χ1n) is 7.51. The Kier molecular flexibility index (Phi) is 4.83. The van der Waals surface area contributed by atoms with E-state index in [2.05, 4.69) is 48.8 Å². The molecule has 1 aliphatic heterocycles. The highest BCUT2D eigenvalue weighted by Crippen LogP contribution is 2.29. The van der Waals surface area contributed by atoms with E-state index < -0.39 is 0 Å². The number of nitrogens with zero attached hydrogens (tertiary/aromatic N) is 2. The van der Waals surface area contributed by atoms with Crippen LogP contribution in [0.15, 0.2) is 18.2 Å². The molecule has 0 saturated heterocycles. The fraction of sp³-hybridized carbons (Fsp3) is 0.625. The Bertz CT molecular complexity index is 410. The predicted octanol–water partition coefficient (Wildman–Crippen LogP) is 2.41. The standard InChI is InChI=1S/C16H27N3/c1-4-18(5-2)10-11-19-9-8-15-12-14(13(3)17)6-7-16(15)19/h6-7,12-13H,4-5,8-11,17H2,1-3H3. The van der Waals surface area contributed by atoms with E-state index >= 15 is 0 Å². The molecular formula is C16H27N3. The summed E-state index contributed by atoms with van der Waals surface area (Å²) in [6, 6.07) is 6.86. The highest BCUT2D eigenvalue weighted by molar-refractivity contribution is 5.59. The lowest BCUT2D eigenvalue weighted by Gasteiger charge is -2.25. The molecule has 0 saturated carbocycles. The van der Waals surface area contributed by atoms with Crippen molar-refractivity contribution < 1.29 is 0 Å². The van der Waals surface area contributed by atoms with Crippen LogP contribution in [0.3, 0.4) is 0 Å². The van der Waals surface area contributed by atoms with E-state index in [1.807, 2.05) is 0 Å². The van der Waals surface area contributed by atoms with Gasteiger partial charge < -0.3 is 15.5 Å². The van der Waals surface area contributed by atoms with Crippen LogP contribution in [-0.2, 0) is 6.42 Å². The predicted molar refractivity (Wildman–Crippen MR) is 82.7 cm³/mol. The molecule has 0 aliphatic carbocycles. The van der Waals surface area contributed by atoms with Crippen LogP contribution in [0.5, 0.6) is 0 Å². The van der Waals surface area contributed by atoms with Gasteiger partial charge in [-0.1, -0.05) is 26.0 Å². The number of hydrogen-bond donors (Lipinski definition) is 1. The Labute approximate surface area is 117 Å². The molecule has 0 radical (unpaired) electrons. The Morgan fingerprint density at radius 3 is 2.68 bits per heavy atom. The molecule has 0 amide bonds. The average Bonchev–Trinajstić information content (AvgIpc) is 2.82. The molecule has 1 unspecified atom stereocenters. The van der Waals surface area contributed by atoms with Gasteiger partial charge in [-0.15, -0.1) is 0 Å². The van der Waals surface area contributed by atoms with Crippen LogP contribution in [-0.4, -0.2) is 37.6 Å². The van der Waals surface area contributed by atoms with Gasteiger partial charge in [-0.3, -0.25) is 0 Å². The number of benzene rings is 1. The fourth-order valence-electron chi connectivity index (χ4n) is 2.81. The molecule has 1 aromatic rings. The molecular weight excluding hydrogens is 234 g/mol. The maximum absolute atomic E-state index is 5.96. The van der Waals surface area contributed by atoms with Gasteiger partial charge in [0.25, 0.3) is 0 Å². The van der Waals surface area contributed by atoms with Crippen LogP contribution in [0.4, 0.5) is 5.69 Å². The minimum atomic E-state index is 0.134. The summed E-state index contributed by atoms with van der Waals surface area (Å²) >= 11 is 0. The lowest BCUT2D eigenvalue weighted by atomic mass is 10.0. The number of hydrogen-bond acceptors (Lipinski definition) is 3. The third-order valence-corrected chi connectivity index (χ3v) is 4.20. The molecule has 0 fully saturated rings. The van der Waals surface area contributed by atoms with Crippen LogP contribution in [0.2, 0.25) is 0 Å². The normalized spacial score (nSPS) is 15.9. The van der Waals surface area contributed by atoms with Crippen molar-refractivity contribution in [1.29, 1.82) is 0 Å². The third-order valence-electron chi connectivity index (χ3n) is 4.20. The third kappa shape index (κ3) is 3.28. The molecule has 3 heteroatoms. The van der Waals surface area contributed by atoms with E-state index in [-0.39, 0.29) is 6.04 Å². The summed E-state index contributed by atoms with van der Waals surface area (Å²) in [4.78, 5) is 4.99. The number of anilines is 1. The van der Waals surface area contributed by atoms with Crippen molar-refractivity contribution in [3.05, 3.63) is 29.3 Å². The number of rotatable bonds is 6. The van der Waals surface area contributed by atoms with Gasteiger partial charge in [0.2, 0.25) is 0 Å². The van der Waals surface area contributed by atoms with Gasteiger partial charge in [-0.25, -0.2) is 0 Å². The smallest absolute Gasteiger partial charge is 0.0400 e. The van der Waals surface area contributed by atoms with Crippen LogP contribution < -0.4 is 10.6 Å². The van der Waals surface area contributed by atoms with E-state index in [0.29, 0.717) is 0 Å². The van der Waals surface area contributed by atoms with E-state index in [4.69, 9.17) is 5.73 Å². The molecule has 1 heterocycles. The second-order valence-corrected chi connectivity index (χ2v) is 5.44. The van der Waals surface area contributed by atoms with Crippen molar-refractivity contribution in [1.82, 2.24) is 4.90 Å². The molecule has 1 atom stereocenters. The summed E-state index contributed by atoms with van der Waals surface area (Å²) < 4.78 is 0. The summed E-state index contributed by atoms with van der Waals surface area (Å²) in [7, 11) is 0. The van der Waals surface area contributed by atoms with Gasteiger partial charge in [-0.05, 0) is 43.6 Å². The Morgan fingerprint density at radius 1 is 1.32 bits per heavy atom. The highest BCUT2D eigenvalue weighted by Gasteiger charge is 2.19. The Morgan fingerprint density at radius 2 is 2.05 bits per heavy atom. The minimum absolute atomic E-state index is 0.134.